The lowest BCUT2D eigenvalue weighted by Gasteiger charge is -2.29. The van der Waals surface area contributed by atoms with Crippen LogP contribution < -0.4 is 4.90 Å². The van der Waals surface area contributed by atoms with Crippen LogP contribution in [0.1, 0.15) is 56.1 Å². The van der Waals surface area contributed by atoms with Crippen molar-refractivity contribution in [2.45, 2.75) is 45.4 Å². The number of esters is 1. The number of rotatable bonds is 5. The van der Waals surface area contributed by atoms with Gasteiger partial charge in [0.1, 0.15) is 5.82 Å². The summed E-state index contributed by atoms with van der Waals surface area (Å²) in [6, 6.07) is 3.78. The zero-order valence-corrected chi connectivity index (χ0v) is 18.0. The topological polar surface area (TPSA) is 102 Å². The molecule has 0 radical (unpaired) electrons. The second-order valence-electron chi connectivity index (χ2n) is 8.05. The summed E-state index contributed by atoms with van der Waals surface area (Å²) in [7, 11) is 0. The van der Waals surface area contributed by atoms with Crippen LogP contribution in [-0.4, -0.2) is 64.7 Å². The van der Waals surface area contributed by atoms with Crippen LogP contribution in [0, 0.1) is 5.92 Å². The Bertz CT molecular complexity index is 899. The first-order valence-corrected chi connectivity index (χ1v) is 11.2. The maximum Gasteiger partial charge on any atom is 0.316 e. The summed E-state index contributed by atoms with van der Waals surface area (Å²) < 4.78 is 10.4. The third-order valence-electron chi connectivity index (χ3n) is 5.94. The molecule has 0 spiro atoms. The van der Waals surface area contributed by atoms with Crippen LogP contribution in [0.15, 0.2) is 22.9 Å². The van der Waals surface area contributed by atoms with Gasteiger partial charge in [0.2, 0.25) is 5.82 Å². The molecule has 9 nitrogen and oxygen atoms in total. The van der Waals surface area contributed by atoms with Crippen molar-refractivity contribution >= 4 is 17.7 Å². The highest BCUT2D eigenvalue weighted by Gasteiger charge is 2.31. The summed E-state index contributed by atoms with van der Waals surface area (Å²) in [6.07, 6.45) is 7.74. The van der Waals surface area contributed by atoms with Crippen LogP contribution in [0.25, 0.3) is 11.4 Å². The number of carbonyl (C=O) groups excluding carboxylic acids is 2. The molecule has 0 aromatic carbocycles. The molecule has 2 saturated heterocycles. The summed E-state index contributed by atoms with van der Waals surface area (Å²) in [5, 5.41) is 4.02. The number of aromatic nitrogens is 3. The lowest BCUT2D eigenvalue weighted by Crippen LogP contribution is -2.40. The Morgan fingerprint density at radius 3 is 2.58 bits per heavy atom. The van der Waals surface area contributed by atoms with Gasteiger partial charge in [0.25, 0.3) is 0 Å². The van der Waals surface area contributed by atoms with E-state index < -0.39 is 0 Å². The lowest BCUT2D eigenvalue weighted by atomic mass is 9.97. The van der Waals surface area contributed by atoms with E-state index in [4.69, 9.17) is 9.26 Å². The summed E-state index contributed by atoms with van der Waals surface area (Å²) >= 11 is 0. The van der Waals surface area contributed by atoms with Crippen LogP contribution in [0.5, 0.6) is 0 Å². The summed E-state index contributed by atoms with van der Waals surface area (Å²) in [5.74, 6) is 0.603. The average Bonchev–Trinajstić information content (AvgIpc) is 3.14. The Hall–Kier alpha value is -2.97. The van der Waals surface area contributed by atoms with Crippen molar-refractivity contribution in [1.29, 1.82) is 0 Å². The molecule has 2 fully saturated rings. The van der Waals surface area contributed by atoms with E-state index in [1.807, 2.05) is 12.1 Å². The van der Waals surface area contributed by atoms with E-state index >= 15 is 0 Å². The molecule has 0 atom stereocenters. The second kappa shape index (κ2) is 9.89. The third-order valence-corrected chi connectivity index (χ3v) is 5.94. The highest BCUT2D eigenvalue weighted by Crippen LogP contribution is 2.24. The number of likely N-dealkylation sites (tertiary alicyclic amines) is 1. The number of ether oxygens (including phenoxy) is 1. The molecule has 0 aliphatic carbocycles. The van der Waals surface area contributed by atoms with E-state index in [1.165, 1.54) is 25.7 Å². The third kappa shape index (κ3) is 5.03. The van der Waals surface area contributed by atoms with Gasteiger partial charge in [0.15, 0.2) is 0 Å². The van der Waals surface area contributed by atoms with Gasteiger partial charge in [-0.25, -0.2) is 4.98 Å². The molecule has 4 rings (SSSR count). The predicted molar refractivity (Wildman–Crippen MR) is 113 cm³/mol. The van der Waals surface area contributed by atoms with E-state index in [1.54, 1.807) is 18.0 Å². The number of hydrogen-bond donors (Lipinski definition) is 0. The SMILES string of the molecule is CCOC(=O)C1CCN(C(=O)c2nc(-c3ccnc(N4CCCCCC4)c3)no2)CC1. The van der Waals surface area contributed by atoms with Gasteiger partial charge in [0.05, 0.1) is 12.5 Å². The second-order valence-corrected chi connectivity index (χ2v) is 8.05. The Kier molecular flexibility index (Phi) is 6.79. The lowest BCUT2D eigenvalue weighted by molar-refractivity contribution is -0.149. The molecule has 31 heavy (non-hydrogen) atoms. The van der Waals surface area contributed by atoms with Crippen molar-refractivity contribution in [1.82, 2.24) is 20.0 Å². The van der Waals surface area contributed by atoms with Gasteiger partial charge in [0, 0.05) is 37.9 Å². The number of hydrogen-bond acceptors (Lipinski definition) is 8. The quantitative estimate of drug-likeness (QED) is 0.671. The number of carbonyl (C=O) groups is 2. The van der Waals surface area contributed by atoms with Crippen molar-refractivity contribution in [2.24, 2.45) is 5.92 Å². The predicted octanol–water partition coefficient (Wildman–Crippen LogP) is 2.93. The fourth-order valence-electron chi connectivity index (χ4n) is 4.17. The molecule has 2 aliphatic rings. The molecule has 9 heteroatoms. The molecule has 2 aliphatic heterocycles. The van der Waals surface area contributed by atoms with Gasteiger partial charge < -0.3 is 19.1 Å². The summed E-state index contributed by atoms with van der Waals surface area (Å²) in [5.41, 5.74) is 0.776. The smallest absolute Gasteiger partial charge is 0.316 e. The van der Waals surface area contributed by atoms with Crippen molar-refractivity contribution in [3.63, 3.8) is 0 Å². The Morgan fingerprint density at radius 2 is 1.87 bits per heavy atom. The zero-order valence-electron chi connectivity index (χ0n) is 18.0. The van der Waals surface area contributed by atoms with E-state index in [-0.39, 0.29) is 23.7 Å². The van der Waals surface area contributed by atoms with Gasteiger partial charge >= 0.3 is 17.8 Å². The van der Waals surface area contributed by atoms with Crippen molar-refractivity contribution in [3.8, 4) is 11.4 Å². The number of amides is 1. The number of anilines is 1. The van der Waals surface area contributed by atoms with Crippen molar-refractivity contribution in [2.75, 3.05) is 37.7 Å². The molecule has 4 heterocycles. The standard InChI is InChI=1S/C22H29N5O4/c1-2-30-22(29)16-8-13-27(14-9-16)21(28)20-24-19(25-31-20)17-7-10-23-18(15-17)26-11-5-3-4-6-12-26/h7,10,15-16H,2-6,8-9,11-14H2,1H3. The fraction of sp³-hybridized carbons (Fsp3) is 0.591. The van der Waals surface area contributed by atoms with Gasteiger partial charge in [-0.1, -0.05) is 18.0 Å². The van der Waals surface area contributed by atoms with Gasteiger partial charge in [-0.3, -0.25) is 9.59 Å². The largest absolute Gasteiger partial charge is 0.466 e. The molecule has 0 N–H and O–H groups in total. The number of piperidine rings is 1. The first-order valence-electron chi connectivity index (χ1n) is 11.2. The van der Waals surface area contributed by atoms with E-state index in [2.05, 4.69) is 20.0 Å². The van der Waals surface area contributed by atoms with Crippen LogP contribution in [0.2, 0.25) is 0 Å². The normalized spacial score (nSPS) is 18.0. The summed E-state index contributed by atoms with van der Waals surface area (Å²) in [4.78, 5) is 37.5. The first kappa shape index (κ1) is 21.3. The van der Waals surface area contributed by atoms with Gasteiger partial charge in [-0.05, 0) is 44.7 Å². The van der Waals surface area contributed by atoms with E-state index in [0.29, 0.717) is 38.4 Å². The molecular formula is C22H29N5O4. The maximum absolute atomic E-state index is 12.8. The average molecular weight is 428 g/mol. The van der Waals surface area contributed by atoms with E-state index in [0.717, 1.165) is 24.5 Å². The fourth-order valence-corrected chi connectivity index (χ4v) is 4.17. The minimum atomic E-state index is -0.303. The Labute approximate surface area is 181 Å². The van der Waals surface area contributed by atoms with Crippen LogP contribution >= 0.6 is 0 Å². The van der Waals surface area contributed by atoms with Crippen molar-refractivity contribution < 1.29 is 18.8 Å². The van der Waals surface area contributed by atoms with Crippen LogP contribution in [0.4, 0.5) is 5.82 Å². The van der Waals surface area contributed by atoms with Crippen molar-refractivity contribution in [3.05, 3.63) is 24.2 Å². The Balaban J connectivity index is 1.41. The van der Waals surface area contributed by atoms with Crippen LogP contribution in [0.3, 0.4) is 0 Å². The molecule has 2 aromatic rings. The molecule has 0 unspecified atom stereocenters. The zero-order chi connectivity index (χ0) is 21.6. The minimum Gasteiger partial charge on any atom is -0.466 e. The maximum atomic E-state index is 12.8. The summed E-state index contributed by atoms with van der Waals surface area (Å²) in [6.45, 7) is 5.09. The minimum absolute atomic E-state index is 0.0299. The molecule has 0 saturated carbocycles. The van der Waals surface area contributed by atoms with Gasteiger partial charge in [-0.2, -0.15) is 4.98 Å². The molecule has 0 bridgehead atoms. The first-order chi connectivity index (χ1) is 15.2. The number of nitrogens with zero attached hydrogens (tertiary/aromatic N) is 5. The van der Waals surface area contributed by atoms with Crippen LogP contribution in [-0.2, 0) is 9.53 Å². The highest BCUT2D eigenvalue weighted by atomic mass is 16.5. The molecule has 1 amide bonds. The van der Waals surface area contributed by atoms with Gasteiger partial charge in [-0.15, -0.1) is 0 Å². The van der Waals surface area contributed by atoms with E-state index in [9.17, 15) is 9.59 Å². The monoisotopic (exact) mass is 427 g/mol. The molecular weight excluding hydrogens is 398 g/mol. The Morgan fingerprint density at radius 1 is 1.13 bits per heavy atom. The molecule has 166 valence electrons. The number of pyridine rings is 1. The highest BCUT2D eigenvalue weighted by molar-refractivity contribution is 5.90. The molecule has 2 aromatic heterocycles.